The van der Waals surface area contributed by atoms with Crippen LogP contribution in [0.4, 0.5) is 0 Å². The van der Waals surface area contributed by atoms with Crippen LogP contribution in [-0.2, 0) is 14.3 Å². The van der Waals surface area contributed by atoms with Crippen molar-refractivity contribution in [3.05, 3.63) is 12.2 Å². The molecule has 0 amide bonds. The molecular formula is C24H44O4. The van der Waals surface area contributed by atoms with E-state index in [1.54, 1.807) is 0 Å². The highest BCUT2D eigenvalue weighted by Crippen LogP contribution is 2.17. The van der Waals surface area contributed by atoms with Crippen LogP contribution in [0.15, 0.2) is 12.2 Å². The Morgan fingerprint density at radius 2 is 1.07 bits per heavy atom. The number of aliphatic carboxylic acids is 1. The number of unbranched alkanes of at least 4 members (excludes halogenated alkanes) is 13. The minimum Gasteiger partial charge on any atom is -0.478 e. The molecule has 0 aromatic rings. The van der Waals surface area contributed by atoms with Crippen molar-refractivity contribution in [3.8, 4) is 0 Å². The topological polar surface area (TPSA) is 63.6 Å². The minimum absolute atomic E-state index is 0.0818. The highest BCUT2D eigenvalue weighted by Gasteiger charge is 2.13. The van der Waals surface area contributed by atoms with Crippen molar-refractivity contribution in [2.45, 2.75) is 129 Å². The van der Waals surface area contributed by atoms with Crippen LogP contribution < -0.4 is 0 Å². The van der Waals surface area contributed by atoms with Gasteiger partial charge >= 0.3 is 11.9 Å². The fourth-order valence-electron chi connectivity index (χ4n) is 3.44. The molecule has 0 spiro atoms. The molecule has 0 radical (unpaired) electrons. The van der Waals surface area contributed by atoms with E-state index in [4.69, 9.17) is 9.84 Å². The van der Waals surface area contributed by atoms with Crippen LogP contribution in [0, 0.1) is 0 Å². The monoisotopic (exact) mass is 396 g/mol. The van der Waals surface area contributed by atoms with Gasteiger partial charge in [-0.2, -0.15) is 0 Å². The number of hydrogen-bond donors (Lipinski definition) is 1. The number of esters is 1. The first kappa shape index (κ1) is 26.7. The molecule has 28 heavy (non-hydrogen) atoms. The van der Waals surface area contributed by atoms with Gasteiger partial charge in [0.25, 0.3) is 0 Å². The Hall–Kier alpha value is -1.32. The molecule has 0 aromatic carbocycles. The molecule has 0 heterocycles. The van der Waals surface area contributed by atoms with Crippen LogP contribution in [0.25, 0.3) is 0 Å². The van der Waals surface area contributed by atoms with Gasteiger partial charge in [0.1, 0.15) is 6.10 Å². The van der Waals surface area contributed by atoms with Crippen molar-refractivity contribution in [3.63, 3.8) is 0 Å². The average molecular weight is 397 g/mol. The summed E-state index contributed by atoms with van der Waals surface area (Å²) in [5.74, 6) is -1.65. The minimum atomic E-state index is -1.12. The lowest BCUT2D eigenvalue weighted by Gasteiger charge is -2.17. The van der Waals surface area contributed by atoms with E-state index in [2.05, 4.69) is 13.8 Å². The third-order valence-corrected chi connectivity index (χ3v) is 5.15. The largest absolute Gasteiger partial charge is 0.478 e. The summed E-state index contributed by atoms with van der Waals surface area (Å²) in [7, 11) is 0. The van der Waals surface area contributed by atoms with Crippen molar-refractivity contribution in [2.24, 2.45) is 0 Å². The Balaban J connectivity index is 4.04. The molecule has 1 unspecified atom stereocenters. The van der Waals surface area contributed by atoms with E-state index in [1.165, 1.54) is 83.5 Å². The zero-order chi connectivity index (χ0) is 20.9. The number of hydrogen-bond acceptors (Lipinski definition) is 3. The number of carboxylic acid groups (broad SMARTS) is 1. The summed E-state index contributed by atoms with van der Waals surface area (Å²) in [6.07, 6.45) is 22.3. The lowest BCUT2D eigenvalue weighted by Crippen LogP contribution is -2.17. The zero-order valence-electron chi connectivity index (χ0n) is 18.4. The molecule has 1 N–H and O–H groups in total. The van der Waals surface area contributed by atoms with E-state index >= 15 is 0 Å². The van der Waals surface area contributed by atoms with E-state index in [9.17, 15) is 9.59 Å². The van der Waals surface area contributed by atoms with Gasteiger partial charge in [0.05, 0.1) is 0 Å². The Morgan fingerprint density at radius 1 is 0.679 bits per heavy atom. The number of ether oxygens (including phenoxy) is 1. The molecule has 0 fully saturated rings. The maximum atomic E-state index is 11.8. The zero-order valence-corrected chi connectivity index (χ0v) is 18.4. The molecule has 0 saturated carbocycles. The summed E-state index contributed by atoms with van der Waals surface area (Å²) >= 11 is 0. The van der Waals surface area contributed by atoms with Gasteiger partial charge in [-0.15, -0.1) is 0 Å². The maximum Gasteiger partial charge on any atom is 0.331 e. The van der Waals surface area contributed by atoms with Gasteiger partial charge in [-0.25, -0.2) is 9.59 Å². The van der Waals surface area contributed by atoms with Gasteiger partial charge in [-0.1, -0.05) is 97.3 Å². The van der Waals surface area contributed by atoms with E-state index in [0.29, 0.717) is 0 Å². The standard InChI is InChI=1S/C24H44O4/c1-3-5-7-9-11-12-13-15-17-19-22(18-16-14-10-8-6-4-2)28-24(27)21-20-23(25)26/h20-22H,3-19H2,1-2H3,(H,25,26). The van der Waals surface area contributed by atoms with Crippen LogP contribution in [0.3, 0.4) is 0 Å². The molecule has 0 rings (SSSR count). The Morgan fingerprint density at radius 3 is 1.46 bits per heavy atom. The molecule has 1 atom stereocenters. The van der Waals surface area contributed by atoms with Crippen molar-refractivity contribution < 1.29 is 19.4 Å². The first-order valence-electron chi connectivity index (χ1n) is 11.7. The predicted octanol–water partition coefficient (Wildman–Crippen LogP) is 7.21. The highest BCUT2D eigenvalue weighted by molar-refractivity contribution is 5.90. The van der Waals surface area contributed by atoms with E-state index in [1.807, 2.05) is 0 Å². The van der Waals surface area contributed by atoms with Gasteiger partial charge in [-0.05, 0) is 25.7 Å². The summed E-state index contributed by atoms with van der Waals surface area (Å²) in [6.45, 7) is 4.46. The Bertz CT molecular complexity index is 403. The lowest BCUT2D eigenvalue weighted by molar-refractivity contribution is -0.144. The molecule has 0 aliphatic carbocycles. The summed E-state index contributed by atoms with van der Waals surface area (Å²) < 4.78 is 5.51. The van der Waals surface area contributed by atoms with Crippen LogP contribution in [-0.4, -0.2) is 23.1 Å². The summed E-state index contributed by atoms with van der Waals surface area (Å²) in [4.78, 5) is 22.4. The van der Waals surface area contributed by atoms with Crippen molar-refractivity contribution in [1.29, 1.82) is 0 Å². The first-order chi connectivity index (χ1) is 13.6. The second-order valence-electron chi connectivity index (χ2n) is 7.90. The summed E-state index contributed by atoms with van der Waals surface area (Å²) in [5, 5.41) is 8.64. The molecule has 164 valence electrons. The molecule has 4 nitrogen and oxygen atoms in total. The molecule has 0 aromatic heterocycles. The third kappa shape index (κ3) is 19.4. The second-order valence-corrected chi connectivity index (χ2v) is 7.90. The van der Waals surface area contributed by atoms with E-state index in [0.717, 1.165) is 37.8 Å². The first-order valence-corrected chi connectivity index (χ1v) is 11.7. The number of rotatable bonds is 20. The van der Waals surface area contributed by atoms with E-state index < -0.39 is 11.9 Å². The quantitative estimate of drug-likeness (QED) is 0.134. The van der Waals surface area contributed by atoms with Gasteiger partial charge in [-0.3, -0.25) is 0 Å². The van der Waals surface area contributed by atoms with Crippen LogP contribution in [0.1, 0.15) is 123 Å². The molecule has 4 heteroatoms. The molecule has 0 saturated heterocycles. The fourth-order valence-corrected chi connectivity index (χ4v) is 3.44. The second kappa shape index (κ2) is 20.4. The lowest BCUT2D eigenvalue weighted by atomic mass is 10.0. The van der Waals surface area contributed by atoms with Crippen LogP contribution in [0.2, 0.25) is 0 Å². The van der Waals surface area contributed by atoms with Crippen molar-refractivity contribution in [2.75, 3.05) is 0 Å². The van der Waals surface area contributed by atoms with Gasteiger partial charge in [0.2, 0.25) is 0 Å². The van der Waals surface area contributed by atoms with E-state index in [-0.39, 0.29) is 6.10 Å². The van der Waals surface area contributed by atoms with Crippen molar-refractivity contribution in [1.82, 2.24) is 0 Å². The van der Waals surface area contributed by atoms with Gasteiger partial charge in [0, 0.05) is 12.2 Å². The van der Waals surface area contributed by atoms with Crippen LogP contribution >= 0.6 is 0 Å². The summed E-state index contributed by atoms with van der Waals surface area (Å²) in [6, 6.07) is 0. The predicted molar refractivity (Wildman–Crippen MR) is 116 cm³/mol. The van der Waals surface area contributed by atoms with Crippen molar-refractivity contribution >= 4 is 11.9 Å². The smallest absolute Gasteiger partial charge is 0.331 e. The fraction of sp³-hybridized carbons (Fsp3) is 0.833. The maximum absolute atomic E-state index is 11.8. The SMILES string of the molecule is CCCCCCCCCCCC(CCCCCCCC)OC(=O)C=CC(=O)O. The average Bonchev–Trinajstić information content (AvgIpc) is 2.67. The van der Waals surface area contributed by atoms with Gasteiger partial charge in [0.15, 0.2) is 0 Å². The number of carbonyl (C=O) groups excluding carboxylic acids is 1. The molecule has 0 bridgehead atoms. The number of carbonyl (C=O) groups is 2. The molecule has 0 aliphatic heterocycles. The highest BCUT2D eigenvalue weighted by atomic mass is 16.5. The van der Waals surface area contributed by atoms with Gasteiger partial charge < -0.3 is 9.84 Å². The summed E-state index contributed by atoms with van der Waals surface area (Å²) in [5.41, 5.74) is 0. The third-order valence-electron chi connectivity index (χ3n) is 5.15. The molecular weight excluding hydrogens is 352 g/mol. The molecule has 0 aliphatic rings. The van der Waals surface area contributed by atoms with Crippen LogP contribution in [0.5, 0.6) is 0 Å². The number of carboxylic acids is 1. The Kier molecular flexibility index (Phi) is 19.5. The normalized spacial score (nSPS) is 12.4. The Labute approximate surface area is 173 Å².